The number of nitrogens with one attached hydrogen (secondary N) is 1. The van der Waals surface area contributed by atoms with Crippen molar-refractivity contribution in [3.05, 3.63) is 83.7 Å². The van der Waals surface area contributed by atoms with E-state index in [1.807, 2.05) is 26.0 Å². The molecule has 0 fully saturated rings. The largest absolute Gasteiger partial charge is 0.497 e. The zero-order chi connectivity index (χ0) is 33.1. The van der Waals surface area contributed by atoms with Crippen LogP contribution in [0.1, 0.15) is 66.3 Å². The highest BCUT2D eigenvalue weighted by Crippen LogP contribution is 2.29. The van der Waals surface area contributed by atoms with Gasteiger partial charge >= 0.3 is 0 Å². The van der Waals surface area contributed by atoms with E-state index in [9.17, 15) is 14.7 Å². The van der Waals surface area contributed by atoms with Gasteiger partial charge in [0, 0.05) is 55.8 Å². The molecule has 0 bridgehead atoms. The van der Waals surface area contributed by atoms with Gasteiger partial charge in [-0.2, -0.15) is 0 Å². The number of likely N-dealkylation sites (N-methyl/N-ethyl adjacent to an activating group) is 1. The standard InChI is InChI=1S/C36H48N4O6/c1-25-21-40(26(2)24-41)36(43)32-20-30(38-35(42)29-15-17-37-18-16-29)11-14-33(32)46-27(3)8-6-7-19-45-34(25)23-39(4)22-28-9-12-31(44-5)13-10-28/h9-18,20,25-27,34,41H,6-8,19,21-24H2,1-5H3,(H,38,42)/t25-,26+,27+,34+/m0/s1. The number of rotatable bonds is 9. The summed E-state index contributed by atoms with van der Waals surface area (Å²) >= 11 is 0. The second-order valence-electron chi connectivity index (χ2n) is 12.2. The molecule has 10 nitrogen and oxygen atoms in total. The molecule has 4 rings (SSSR count). The predicted octanol–water partition coefficient (Wildman–Crippen LogP) is 5.27. The maximum Gasteiger partial charge on any atom is 0.258 e. The molecule has 2 N–H and O–H groups in total. The van der Waals surface area contributed by atoms with Gasteiger partial charge in [0.1, 0.15) is 11.5 Å². The number of fused-ring (bicyclic) bond motifs is 1. The summed E-state index contributed by atoms with van der Waals surface area (Å²) in [5.41, 5.74) is 2.42. The lowest BCUT2D eigenvalue weighted by Crippen LogP contribution is -2.47. The van der Waals surface area contributed by atoms with Crippen LogP contribution in [0.15, 0.2) is 67.0 Å². The number of nitrogens with zero attached hydrogens (tertiary/aromatic N) is 3. The Labute approximate surface area is 272 Å². The maximum absolute atomic E-state index is 14.3. The first-order chi connectivity index (χ1) is 22.2. The number of aliphatic hydroxyl groups is 1. The quantitative estimate of drug-likeness (QED) is 0.328. The first-order valence-electron chi connectivity index (χ1n) is 16.1. The van der Waals surface area contributed by atoms with Gasteiger partial charge in [-0.25, -0.2) is 0 Å². The highest BCUT2D eigenvalue weighted by molar-refractivity contribution is 6.05. The molecule has 0 aliphatic carbocycles. The van der Waals surface area contributed by atoms with E-state index in [1.165, 1.54) is 5.56 Å². The number of amides is 2. The van der Waals surface area contributed by atoms with Gasteiger partial charge in [-0.05, 0) is 88.2 Å². The van der Waals surface area contributed by atoms with Crippen LogP contribution < -0.4 is 14.8 Å². The van der Waals surface area contributed by atoms with Gasteiger partial charge in [-0.3, -0.25) is 19.5 Å². The Morgan fingerprint density at radius 3 is 2.57 bits per heavy atom. The summed E-state index contributed by atoms with van der Waals surface area (Å²) in [6.45, 7) is 8.10. The summed E-state index contributed by atoms with van der Waals surface area (Å²) in [5.74, 6) is 0.640. The number of carbonyl (C=O) groups is 2. The minimum absolute atomic E-state index is 0.0444. The molecule has 4 atom stereocenters. The number of carbonyl (C=O) groups excluding carboxylic acids is 2. The van der Waals surface area contributed by atoms with Gasteiger partial charge in [0.2, 0.25) is 0 Å². The zero-order valence-electron chi connectivity index (χ0n) is 27.6. The Morgan fingerprint density at radius 1 is 1.13 bits per heavy atom. The molecule has 10 heteroatoms. The molecule has 0 spiro atoms. The van der Waals surface area contributed by atoms with Gasteiger partial charge < -0.3 is 29.5 Å². The third kappa shape index (κ3) is 9.75. The summed E-state index contributed by atoms with van der Waals surface area (Å²) in [6.07, 6.45) is 5.43. The van der Waals surface area contributed by atoms with Crippen molar-refractivity contribution in [2.24, 2.45) is 5.92 Å². The number of anilines is 1. The molecule has 2 amide bonds. The van der Waals surface area contributed by atoms with Crippen molar-refractivity contribution in [2.75, 3.05) is 45.8 Å². The summed E-state index contributed by atoms with van der Waals surface area (Å²) < 4.78 is 18.1. The molecule has 46 heavy (non-hydrogen) atoms. The van der Waals surface area contributed by atoms with Crippen molar-refractivity contribution < 1.29 is 28.9 Å². The number of methoxy groups -OCH3 is 1. The molecule has 0 radical (unpaired) electrons. The van der Waals surface area contributed by atoms with Crippen molar-refractivity contribution in [2.45, 2.75) is 64.8 Å². The van der Waals surface area contributed by atoms with Gasteiger partial charge in [-0.1, -0.05) is 19.1 Å². The molecule has 0 saturated carbocycles. The first kappa shape index (κ1) is 34.9. The van der Waals surface area contributed by atoms with Crippen molar-refractivity contribution >= 4 is 17.5 Å². The number of benzene rings is 2. The Kier molecular flexibility index (Phi) is 12.9. The van der Waals surface area contributed by atoms with Crippen molar-refractivity contribution in [3.63, 3.8) is 0 Å². The average molecular weight is 633 g/mol. The third-order valence-corrected chi connectivity index (χ3v) is 8.36. The van der Waals surface area contributed by atoms with Gasteiger partial charge in [0.25, 0.3) is 11.8 Å². The van der Waals surface area contributed by atoms with E-state index in [-0.39, 0.29) is 36.5 Å². The van der Waals surface area contributed by atoms with Crippen LogP contribution in [-0.4, -0.2) is 90.4 Å². The monoisotopic (exact) mass is 632 g/mol. The molecule has 248 valence electrons. The Bertz CT molecular complexity index is 1400. The minimum Gasteiger partial charge on any atom is -0.497 e. The van der Waals surface area contributed by atoms with Crippen LogP contribution in [0.4, 0.5) is 5.69 Å². The number of pyridine rings is 1. The first-order valence-corrected chi connectivity index (χ1v) is 16.1. The van der Waals surface area contributed by atoms with E-state index in [0.717, 1.165) is 31.6 Å². The van der Waals surface area contributed by atoms with E-state index in [1.54, 1.807) is 54.7 Å². The topological polar surface area (TPSA) is 113 Å². The van der Waals surface area contributed by atoms with Crippen LogP contribution in [-0.2, 0) is 11.3 Å². The van der Waals surface area contributed by atoms with Gasteiger partial charge in [0.05, 0.1) is 37.5 Å². The predicted molar refractivity (Wildman–Crippen MR) is 178 cm³/mol. The lowest BCUT2D eigenvalue weighted by atomic mass is 10.0. The Morgan fingerprint density at radius 2 is 1.87 bits per heavy atom. The maximum atomic E-state index is 14.3. The van der Waals surface area contributed by atoms with Crippen LogP contribution in [0, 0.1) is 5.92 Å². The number of aliphatic hydroxyl groups excluding tert-OH is 1. The second-order valence-corrected chi connectivity index (χ2v) is 12.2. The number of ether oxygens (including phenoxy) is 3. The van der Waals surface area contributed by atoms with Crippen molar-refractivity contribution in [1.82, 2.24) is 14.8 Å². The second kappa shape index (κ2) is 17.1. The third-order valence-electron chi connectivity index (χ3n) is 8.36. The smallest absolute Gasteiger partial charge is 0.258 e. The Hall–Kier alpha value is -3.99. The van der Waals surface area contributed by atoms with E-state index in [4.69, 9.17) is 14.2 Å². The van der Waals surface area contributed by atoms with Gasteiger partial charge in [-0.15, -0.1) is 0 Å². The van der Waals surface area contributed by atoms with E-state index in [0.29, 0.717) is 42.3 Å². The lowest BCUT2D eigenvalue weighted by molar-refractivity contribution is -0.0177. The molecule has 1 aromatic heterocycles. The fourth-order valence-corrected chi connectivity index (χ4v) is 5.58. The minimum atomic E-state index is -0.458. The SMILES string of the molecule is COc1ccc(CN(C)C[C@H]2OCCCC[C@@H](C)Oc3ccc(NC(=O)c4ccncc4)cc3C(=O)N([C@H](C)CO)C[C@@H]2C)cc1. The van der Waals surface area contributed by atoms with Crippen molar-refractivity contribution in [1.29, 1.82) is 0 Å². The molecule has 1 aliphatic heterocycles. The van der Waals surface area contributed by atoms with Crippen molar-refractivity contribution in [3.8, 4) is 11.5 Å². The molecule has 3 aromatic rings. The number of aromatic nitrogens is 1. The summed E-state index contributed by atoms with van der Waals surface area (Å²) in [5, 5.41) is 13.1. The lowest BCUT2D eigenvalue weighted by Gasteiger charge is -2.36. The molecule has 1 aliphatic rings. The van der Waals surface area contributed by atoms with Crippen LogP contribution in [0.5, 0.6) is 11.5 Å². The molecule has 2 aromatic carbocycles. The van der Waals surface area contributed by atoms with E-state index < -0.39 is 6.04 Å². The van der Waals surface area contributed by atoms with E-state index in [2.05, 4.69) is 41.3 Å². The van der Waals surface area contributed by atoms with Crippen LogP contribution in [0.25, 0.3) is 0 Å². The fraction of sp³-hybridized carbons (Fsp3) is 0.472. The molecule has 2 heterocycles. The van der Waals surface area contributed by atoms with E-state index >= 15 is 0 Å². The van der Waals surface area contributed by atoms with Crippen LogP contribution >= 0.6 is 0 Å². The molecular weight excluding hydrogens is 584 g/mol. The zero-order valence-corrected chi connectivity index (χ0v) is 27.6. The Balaban J connectivity index is 1.59. The van der Waals surface area contributed by atoms with Gasteiger partial charge in [0.15, 0.2) is 0 Å². The fourth-order valence-electron chi connectivity index (χ4n) is 5.58. The normalized spacial score (nSPS) is 20.3. The summed E-state index contributed by atoms with van der Waals surface area (Å²) in [7, 11) is 3.73. The number of hydrogen-bond acceptors (Lipinski definition) is 8. The summed E-state index contributed by atoms with van der Waals surface area (Å²) in [4.78, 5) is 35.1. The highest BCUT2D eigenvalue weighted by atomic mass is 16.5. The van der Waals surface area contributed by atoms with Crippen LogP contribution in [0.3, 0.4) is 0 Å². The highest BCUT2D eigenvalue weighted by Gasteiger charge is 2.30. The molecular formula is C36H48N4O6. The molecule has 0 unspecified atom stereocenters. The average Bonchev–Trinajstić information content (AvgIpc) is 3.06. The van der Waals surface area contributed by atoms with Crippen LogP contribution in [0.2, 0.25) is 0 Å². The summed E-state index contributed by atoms with van der Waals surface area (Å²) in [6, 6.07) is 16.0. The molecule has 0 saturated heterocycles. The number of hydrogen-bond donors (Lipinski definition) is 2.